The summed E-state index contributed by atoms with van der Waals surface area (Å²) < 4.78 is 0. The summed E-state index contributed by atoms with van der Waals surface area (Å²) in [7, 11) is 0. The number of benzene rings is 2. The van der Waals surface area contributed by atoms with E-state index in [1.807, 2.05) is 0 Å². The molecule has 4 rings (SSSR count). The fourth-order valence-corrected chi connectivity index (χ4v) is 3.83. The number of ketones is 1. The molecule has 160 valence electrons. The fraction of sp³-hybridized carbons (Fsp3) is 0.0870. The molecular formula is C23H16ClN3O5. The Bertz CT molecular complexity index is 1240. The molecule has 8 nitrogen and oxygen atoms in total. The van der Waals surface area contributed by atoms with Crippen molar-refractivity contribution >= 4 is 34.7 Å². The van der Waals surface area contributed by atoms with E-state index in [9.17, 15) is 24.8 Å². The summed E-state index contributed by atoms with van der Waals surface area (Å²) in [6.45, 7) is -0.0213. The van der Waals surface area contributed by atoms with Gasteiger partial charge >= 0.3 is 0 Å². The van der Waals surface area contributed by atoms with E-state index in [-0.39, 0.29) is 28.9 Å². The van der Waals surface area contributed by atoms with E-state index < -0.39 is 28.4 Å². The number of nitrogens with zero attached hydrogens (tertiary/aromatic N) is 3. The molecule has 0 unspecified atom stereocenters. The summed E-state index contributed by atoms with van der Waals surface area (Å²) in [4.78, 5) is 42.4. The van der Waals surface area contributed by atoms with Crippen molar-refractivity contribution in [2.75, 3.05) is 0 Å². The first kappa shape index (κ1) is 21.2. The Morgan fingerprint density at radius 1 is 1.09 bits per heavy atom. The summed E-state index contributed by atoms with van der Waals surface area (Å²) in [6, 6.07) is 14.1. The minimum atomic E-state index is -1.16. The number of nitro benzene ring substituents is 1. The van der Waals surface area contributed by atoms with E-state index in [4.69, 9.17) is 11.6 Å². The lowest BCUT2D eigenvalue weighted by molar-refractivity contribution is -0.385. The van der Waals surface area contributed by atoms with E-state index in [0.717, 1.165) is 0 Å². The molecule has 1 aliphatic rings. The number of likely N-dealkylation sites (tertiary alicyclic amines) is 1. The lowest BCUT2D eigenvalue weighted by Crippen LogP contribution is -2.29. The number of carbonyl (C=O) groups excluding carboxylic acids is 2. The van der Waals surface area contributed by atoms with Crippen molar-refractivity contribution in [1.29, 1.82) is 0 Å². The second kappa shape index (κ2) is 8.60. The van der Waals surface area contributed by atoms with Crippen molar-refractivity contribution in [1.82, 2.24) is 9.88 Å². The number of aliphatic hydroxyl groups excluding tert-OH is 1. The molecule has 1 aliphatic heterocycles. The molecule has 0 aliphatic carbocycles. The molecule has 1 atom stereocenters. The summed E-state index contributed by atoms with van der Waals surface area (Å²) in [5, 5.41) is 23.1. The molecule has 9 heteroatoms. The number of aliphatic hydroxyl groups is 1. The number of pyridine rings is 1. The van der Waals surface area contributed by atoms with Gasteiger partial charge in [-0.25, -0.2) is 0 Å². The van der Waals surface area contributed by atoms with Crippen LogP contribution in [0.25, 0.3) is 5.76 Å². The Morgan fingerprint density at radius 2 is 1.81 bits per heavy atom. The zero-order valence-corrected chi connectivity index (χ0v) is 17.3. The minimum Gasteiger partial charge on any atom is -0.507 e. The highest BCUT2D eigenvalue weighted by molar-refractivity contribution is 6.46. The van der Waals surface area contributed by atoms with Crippen molar-refractivity contribution in [3.8, 4) is 0 Å². The SMILES string of the molecule is O=C1C(=O)N(Cc2cccnc2)[C@H](c2ccccc2[N+](=O)[O-])C1=C(O)c1ccc(Cl)cc1. The number of nitro groups is 1. The first-order chi connectivity index (χ1) is 15.4. The number of amides is 1. The topological polar surface area (TPSA) is 114 Å². The number of rotatable bonds is 5. The largest absolute Gasteiger partial charge is 0.507 e. The van der Waals surface area contributed by atoms with Gasteiger partial charge in [0.2, 0.25) is 0 Å². The van der Waals surface area contributed by atoms with Crippen molar-refractivity contribution in [2.24, 2.45) is 0 Å². The molecule has 0 radical (unpaired) electrons. The standard InChI is InChI=1S/C23H16ClN3O5/c24-16-9-7-15(8-10-16)21(28)19-20(17-5-1-2-6-18(17)27(31)32)26(23(30)22(19)29)13-14-4-3-11-25-12-14/h1-12,20,28H,13H2/t20-/m1/s1. The van der Waals surface area contributed by atoms with Crippen LogP contribution < -0.4 is 0 Å². The highest BCUT2D eigenvalue weighted by Crippen LogP contribution is 2.43. The molecule has 3 aromatic rings. The van der Waals surface area contributed by atoms with Gasteiger partial charge in [-0.2, -0.15) is 0 Å². The van der Waals surface area contributed by atoms with Gasteiger partial charge in [0.05, 0.1) is 22.1 Å². The molecule has 1 saturated heterocycles. The van der Waals surface area contributed by atoms with E-state index in [2.05, 4.69) is 4.98 Å². The lowest BCUT2D eigenvalue weighted by Gasteiger charge is -2.25. The highest BCUT2D eigenvalue weighted by Gasteiger charge is 2.48. The van der Waals surface area contributed by atoms with Crippen LogP contribution in [-0.4, -0.2) is 31.6 Å². The van der Waals surface area contributed by atoms with Gasteiger partial charge in [-0.15, -0.1) is 0 Å². The quantitative estimate of drug-likeness (QED) is 0.204. The number of para-hydroxylation sites is 1. The number of halogens is 1. The van der Waals surface area contributed by atoms with Crippen LogP contribution in [0.2, 0.25) is 5.02 Å². The third-order valence-electron chi connectivity index (χ3n) is 5.16. The lowest BCUT2D eigenvalue weighted by atomic mass is 9.94. The molecule has 2 heterocycles. The predicted octanol–water partition coefficient (Wildman–Crippen LogP) is 4.27. The van der Waals surface area contributed by atoms with Crippen molar-refractivity contribution in [2.45, 2.75) is 12.6 Å². The number of aromatic nitrogens is 1. The van der Waals surface area contributed by atoms with Gasteiger partial charge in [-0.1, -0.05) is 29.8 Å². The van der Waals surface area contributed by atoms with Crippen LogP contribution in [0.15, 0.2) is 78.6 Å². The second-order valence-electron chi connectivity index (χ2n) is 7.11. The Kier molecular flexibility index (Phi) is 5.70. The molecular weight excluding hydrogens is 434 g/mol. The van der Waals surface area contributed by atoms with Crippen LogP contribution in [0.5, 0.6) is 0 Å². The number of hydrogen-bond donors (Lipinski definition) is 1. The molecule has 0 saturated carbocycles. The second-order valence-corrected chi connectivity index (χ2v) is 7.55. The zero-order chi connectivity index (χ0) is 22.8. The van der Waals surface area contributed by atoms with Crippen LogP contribution in [0.3, 0.4) is 0 Å². The first-order valence-corrected chi connectivity index (χ1v) is 9.93. The Hall–Kier alpha value is -4.04. The third-order valence-corrected chi connectivity index (χ3v) is 5.41. The molecule has 2 aromatic carbocycles. The third kappa shape index (κ3) is 3.83. The molecule has 0 bridgehead atoms. The highest BCUT2D eigenvalue weighted by atomic mass is 35.5. The van der Waals surface area contributed by atoms with E-state index in [1.54, 1.807) is 24.4 Å². The van der Waals surface area contributed by atoms with Gasteiger partial charge in [0.1, 0.15) is 5.76 Å². The van der Waals surface area contributed by atoms with Crippen molar-refractivity contribution < 1.29 is 19.6 Å². The maximum atomic E-state index is 13.0. The van der Waals surface area contributed by atoms with Gasteiger partial charge in [0.25, 0.3) is 17.4 Å². The van der Waals surface area contributed by atoms with Crippen LogP contribution in [0, 0.1) is 10.1 Å². The maximum absolute atomic E-state index is 13.0. The number of carbonyl (C=O) groups is 2. The smallest absolute Gasteiger partial charge is 0.295 e. The molecule has 1 aromatic heterocycles. The van der Waals surface area contributed by atoms with Gasteiger partial charge < -0.3 is 10.0 Å². The molecule has 0 spiro atoms. The Labute approximate surface area is 187 Å². The van der Waals surface area contributed by atoms with E-state index in [0.29, 0.717) is 10.6 Å². The van der Waals surface area contributed by atoms with Crippen LogP contribution in [0.1, 0.15) is 22.7 Å². The summed E-state index contributed by atoms with van der Waals surface area (Å²) in [5.74, 6) is -2.23. The molecule has 1 fully saturated rings. The molecule has 1 amide bonds. The van der Waals surface area contributed by atoms with Gasteiger partial charge in [0, 0.05) is 35.6 Å². The van der Waals surface area contributed by atoms with Crippen LogP contribution in [-0.2, 0) is 16.1 Å². The fourth-order valence-electron chi connectivity index (χ4n) is 3.70. The number of hydrogen-bond acceptors (Lipinski definition) is 6. The average Bonchev–Trinajstić information content (AvgIpc) is 3.04. The van der Waals surface area contributed by atoms with E-state index in [1.165, 1.54) is 53.6 Å². The first-order valence-electron chi connectivity index (χ1n) is 9.55. The average molecular weight is 450 g/mol. The van der Waals surface area contributed by atoms with Gasteiger partial charge in [-0.05, 0) is 42.0 Å². The maximum Gasteiger partial charge on any atom is 0.295 e. The normalized spacial score (nSPS) is 17.5. The number of Topliss-reactive ketones (excluding diaryl/α,β-unsaturated/α-hetero) is 1. The van der Waals surface area contributed by atoms with Crippen molar-refractivity contribution in [3.63, 3.8) is 0 Å². The zero-order valence-electron chi connectivity index (χ0n) is 16.5. The molecule has 32 heavy (non-hydrogen) atoms. The Balaban J connectivity index is 1.93. The summed E-state index contributed by atoms with van der Waals surface area (Å²) in [6.07, 6.45) is 3.10. The van der Waals surface area contributed by atoms with Gasteiger partial charge in [-0.3, -0.25) is 24.7 Å². The van der Waals surface area contributed by atoms with E-state index >= 15 is 0 Å². The summed E-state index contributed by atoms with van der Waals surface area (Å²) >= 11 is 5.91. The van der Waals surface area contributed by atoms with Crippen molar-refractivity contribution in [3.05, 3.63) is 110 Å². The van der Waals surface area contributed by atoms with Gasteiger partial charge in [0.15, 0.2) is 0 Å². The minimum absolute atomic E-state index is 0.0213. The van der Waals surface area contributed by atoms with Crippen LogP contribution >= 0.6 is 11.6 Å². The monoisotopic (exact) mass is 449 g/mol. The van der Waals surface area contributed by atoms with Crippen LogP contribution in [0.4, 0.5) is 5.69 Å². The Morgan fingerprint density at radius 3 is 2.47 bits per heavy atom. The summed E-state index contributed by atoms with van der Waals surface area (Å²) in [5.41, 5.74) is 0.519. The molecule has 1 N–H and O–H groups in total. The predicted molar refractivity (Wildman–Crippen MR) is 117 cm³/mol.